The molecule has 0 fully saturated rings. The molecule has 156 valence electrons. The third kappa shape index (κ3) is 2.55. The molecule has 2 heterocycles. The van der Waals surface area contributed by atoms with Gasteiger partial charge in [-0.1, -0.05) is 84.9 Å². The molecule has 0 aliphatic carbocycles. The van der Waals surface area contributed by atoms with Crippen molar-refractivity contribution in [2.45, 2.75) is 0 Å². The number of aryl methyl sites for hydroxylation is 1. The van der Waals surface area contributed by atoms with E-state index in [4.69, 9.17) is 0 Å². The zero-order chi connectivity index (χ0) is 21.9. The third-order valence-corrected chi connectivity index (χ3v) is 6.91. The monoisotopic (exact) mass is 422 g/mol. The lowest BCUT2D eigenvalue weighted by molar-refractivity contribution is 1.02. The molecular formula is C31H22N2. The van der Waals surface area contributed by atoms with E-state index in [2.05, 4.69) is 131 Å². The van der Waals surface area contributed by atoms with E-state index in [9.17, 15) is 0 Å². The molecule has 7 aromatic rings. The molecule has 5 aromatic carbocycles. The molecule has 0 spiro atoms. The number of fused-ring (bicyclic) bond motifs is 7. The molecule has 0 aliphatic rings. The van der Waals surface area contributed by atoms with Crippen molar-refractivity contribution in [1.29, 1.82) is 0 Å². The molecule has 2 aromatic heterocycles. The number of hydrogen-bond acceptors (Lipinski definition) is 0. The normalized spacial score (nSPS) is 11.8. The number of rotatable bonds is 2. The maximum absolute atomic E-state index is 2.41. The van der Waals surface area contributed by atoms with Crippen LogP contribution in [0.25, 0.3) is 60.4 Å². The van der Waals surface area contributed by atoms with Gasteiger partial charge in [-0.15, -0.1) is 0 Å². The topological polar surface area (TPSA) is 9.86 Å². The first kappa shape index (κ1) is 18.3. The van der Waals surface area contributed by atoms with Crippen molar-refractivity contribution in [2.75, 3.05) is 0 Å². The van der Waals surface area contributed by atoms with Crippen LogP contribution < -0.4 is 0 Å². The van der Waals surface area contributed by atoms with Gasteiger partial charge >= 0.3 is 0 Å². The quantitative estimate of drug-likeness (QED) is 0.266. The first-order valence-corrected chi connectivity index (χ1v) is 11.4. The minimum Gasteiger partial charge on any atom is -0.343 e. The minimum absolute atomic E-state index is 1.18. The molecule has 33 heavy (non-hydrogen) atoms. The molecule has 0 saturated heterocycles. The summed E-state index contributed by atoms with van der Waals surface area (Å²) in [5.74, 6) is 0. The number of aromatic nitrogens is 2. The van der Waals surface area contributed by atoms with Gasteiger partial charge in [0.15, 0.2) is 0 Å². The lowest BCUT2D eigenvalue weighted by atomic mass is 10.1. The molecule has 0 saturated carbocycles. The highest BCUT2D eigenvalue weighted by Gasteiger charge is 2.18. The Morgan fingerprint density at radius 2 is 1.18 bits per heavy atom. The van der Waals surface area contributed by atoms with Crippen LogP contribution in [0, 0.1) is 0 Å². The summed E-state index contributed by atoms with van der Waals surface area (Å²) in [6.07, 6.45) is 0. The zero-order valence-electron chi connectivity index (χ0n) is 18.4. The van der Waals surface area contributed by atoms with Crippen LogP contribution in [0.3, 0.4) is 0 Å². The lowest BCUT2D eigenvalue weighted by Crippen LogP contribution is -1.94. The van der Waals surface area contributed by atoms with Crippen molar-refractivity contribution in [3.8, 4) is 16.8 Å². The van der Waals surface area contributed by atoms with Gasteiger partial charge in [0, 0.05) is 39.8 Å². The molecular weight excluding hydrogens is 400 g/mol. The van der Waals surface area contributed by atoms with Crippen LogP contribution in [0.1, 0.15) is 0 Å². The Hall–Kier alpha value is -4.30. The van der Waals surface area contributed by atoms with Crippen LogP contribution in [-0.4, -0.2) is 9.13 Å². The van der Waals surface area contributed by atoms with Crippen LogP contribution in [0.2, 0.25) is 0 Å². The highest BCUT2D eigenvalue weighted by atomic mass is 15.0. The van der Waals surface area contributed by atoms with Crippen LogP contribution >= 0.6 is 0 Å². The van der Waals surface area contributed by atoms with Crippen molar-refractivity contribution in [1.82, 2.24) is 9.13 Å². The molecule has 0 bridgehead atoms. The summed E-state index contributed by atoms with van der Waals surface area (Å²) in [4.78, 5) is 0. The van der Waals surface area contributed by atoms with Crippen molar-refractivity contribution in [3.63, 3.8) is 0 Å². The summed E-state index contributed by atoms with van der Waals surface area (Å²) in [5.41, 5.74) is 8.67. The van der Waals surface area contributed by atoms with Crippen molar-refractivity contribution in [3.05, 3.63) is 115 Å². The first-order chi connectivity index (χ1) is 16.3. The Morgan fingerprint density at radius 1 is 0.485 bits per heavy atom. The summed E-state index contributed by atoms with van der Waals surface area (Å²) in [7, 11) is 2.19. The molecule has 0 N–H and O–H groups in total. The number of benzene rings is 5. The summed E-state index contributed by atoms with van der Waals surface area (Å²) in [6.45, 7) is 0. The molecule has 0 atom stereocenters. The molecule has 0 unspecified atom stereocenters. The van der Waals surface area contributed by atoms with Gasteiger partial charge in [-0.3, -0.25) is 0 Å². The van der Waals surface area contributed by atoms with Gasteiger partial charge in [0.05, 0.1) is 16.6 Å². The fourth-order valence-electron chi connectivity index (χ4n) is 5.46. The molecule has 0 amide bonds. The molecule has 0 radical (unpaired) electrons. The Balaban J connectivity index is 1.62. The van der Waals surface area contributed by atoms with Crippen LogP contribution in [0.4, 0.5) is 0 Å². The van der Waals surface area contributed by atoms with E-state index in [0.717, 1.165) is 0 Å². The largest absolute Gasteiger partial charge is 0.343 e. The molecule has 0 aliphatic heterocycles. The molecule has 2 heteroatoms. The van der Waals surface area contributed by atoms with Crippen molar-refractivity contribution >= 4 is 43.6 Å². The summed E-state index contributed by atoms with van der Waals surface area (Å²) >= 11 is 0. The van der Waals surface area contributed by atoms with E-state index < -0.39 is 0 Å². The predicted molar refractivity (Wildman–Crippen MR) is 140 cm³/mol. The van der Waals surface area contributed by atoms with Crippen molar-refractivity contribution < 1.29 is 0 Å². The van der Waals surface area contributed by atoms with E-state index in [0.29, 0.717) is 0 Å². The number of nitrogens with zero attached hydrogens (tertiary/aromatic N) is 2. The second-order valence-electron chi connectivity index (χ2n) is 8.70. The average Bonchev–Trinajstić information content (AvgIpc) is 3.37. The summed E-state index contributed by atoms with van der Waals surface area (Å²) in [5, 5.41) is 5.21. The Labute approximate surface area is 191 Å². The van der Waals surface area contributed by atoms with Gasteiger partial charge < -0.3 is 9.13 Å². The SMILES string of the molecule is Cn1c2ccccc2c2ccc3c(c4ccccc4n3-c3cccc(-c4ccccc4)c3)c21. The smallest absolute Gasteiger partial charge is 0.0590 e. The third-order valence-electron chi connectivity index (χ3n) is 6.91. The van der Waals surface area contributed by atoms with Crippen LogP contribution in [0.15, 0.2) is 115 Å². The van der Waals surface area contributed by atoms with Gasteiger partial charge in [-0.25, -0.2) is 0 Å². The Kier molecular flexibility index (Phi) is 3.80. The van der Waals surface area contributed by atoms with Gasteiger partial charge in [-0.05, 0) is 41.5 Å². The maximum Gasteiger partial charge on any atom is 0.0590 e. The van der Waals surface area contributed by atoms with Gasteiger partial charge in [0.2, 0.25) is 0 Å². The van der Waals surface area contributed by atoms with E-state index in [1.165, 1.54) is 60.4 Å². The highest BCUT2D eigenvalue weighted by Crippen LogP contribution is 2.40. The number of para-hydroxylation sites is 2. The second kappa shape index (κ2) is 6.85. The van der Waals surface area contributed by atoms with E-state index in [1.807, 2.05) is 0 Å². The van der Waals surface area contributed by atoms with Crippen molar-refractivity contribution in [2.24, 2.45) is 7.05 Å². The maximum atomic E-state index is 2.41. The number of hydrogen-bond donors (Lipinski definition) is 0. The molecule has 7 rings (SSSR count). The van der Waals surface area contributed by atoms with Gasteiger partial charge in [0.25, 0.3) is 0 Å². The summed E-state index contributed by atoms with van der Waals surface area (Å²) in [6, 6.07) is 41.5. The fraction of sp³-hybridized carbons (Fsp3) is 0.0323. The average molecular weight is 423 g/mol. The van der Waals surface area contributed by atoms with Crippen LogP contribution in [-0.2, 0) is 7.05 Å². The standard InChI is InChI=1S/C31H22N2/c1-32-27-16-7-5-14-24(27)25-18-19-29-30(31(25)32)26-15-6-8-17-28(26)33(29)23-13-9-12-22(20-23)21-10-3-2-4-11-21/h2-20H,1H3. The van der Waals surface area contributed by atoms with Gasteiger partial charge in [0.1, 0.15) is 0 Å². The minimum atomic E-state index is 1.18. The van der Waals surface area contributed by atoms with E-state index >= 15 is 0 Å². The predicted octanol–water partition coefficient (Wildman–Crippen LogP) is 8.10. The van der Waals surface area contributed by atoms with Gasteiger partial charge in [-0.2, -0.15) is 0 Å². The lowest BCUT2D eigenvalue weighted by Gasteiger charge is -2.10. The zero-order valence-corrected chi connectivity index (χ0v) is 18.4. The first-order valence-electron chi connectivity index (χ1n) is 11.4. The molecule has 2 nitrogen and oxygen atoms in total. The van der Waals surface area contributed by atoms with E-state index in [1.54, 1.807) is 0 Å². The second-order valence-corrected chi connectivity index (χ2v) is 8.70. The Bertz CT molecular complexity index is 1820. The van der Waals surface area contributed by atoms with Crippen LogP contribution in [0.5, 0.6) is 0 Å². The highest BCUT2D eigenvalue weighted by molar-refractivity contribution is 6.25. The Morgan fingerprint density at radius 3 is 2.03 bits per heavy atom. The van der Waals surface area contributed by atoms with E-state index in [-0.39, 0.29) is 0 Å². The summed E-state index contributed by atoms with van der Waals surface area (Å²) < 4.78 is 4.76. The fourth-order valence-corrected chi connectivity index (χ4v) is 5.46.